The molecule has 0 aliphatic heterocycles. The second-order valence-corrected chi connectivity index (χ2v) is 6.15. The first-order chi connectivity index (χ1) is 12.7. The molecule has 27 heavy (non-hydrogen) atoms. The zero-order chi connectivity index (χ0) is 20.3. The summed E-state index contributed by atoms with van der Waals surface area (Å²) in [5, 5.41) is 11.1. The van der Waals surface area contributed by atoms with Gasteiger partial charge >= 0.3 is 11.7 Å². The third-order valence-electron chi connectivity index (χ3n) is 4.45. The summed E-state index contributed by atoms with van der Waals surface area (Å²) in [4.78, 5) is 38.5. The Balaban J connectivity index is 2.57. The molecule has 1 aliphatic carbocycles. The van der Waals surface area contributed by atoms with Crippen LogP contribution >= 0.6 is 0 Å². The molecule has 1 aromatic rings. The lowest BCUT2D eigenvalue weighted by Crippen LogP contribution is -2.29. The van der Waals surface area contributed by atoms with Crippen LogP contribution in [0.4, 0.5) is 18.9 Å². The number of ketones is 1. The highest BCUT2D eigenvalue weighted by Gasteiger charge is 2.39. The van der Waals surface area contributed by atoms with Crippen LogP contribution in [0.2, 0.25) is 0 Å². The van der Waals surface area contributed by atoms with Gasteiger partial charge in [-0.2, -0.15) is 4.39 Å². The molecule has 7 nitrogen and oxygen atoms in total. The van der Waals surface area contributed by atoms with Gasteiger partial charge in [0.2, 0.25) is 5.82 Å². The number of Topliss-reactive ketones (excluding diaryl/α,β-unsaturated/α-hetero) is 1. The fourth-order valence-corrected chi connectivity index (χ4v) is 2.94. The normalized spacial score (nSPS) is 15.9. The largest absolute Gasteiger partial charge is 0.468 e. The van der Waals surface area contributed by atoms with Crippen LogP contribution in [-0.2, 0) is 9.53 Å². The number of ether oxygens (including phenoxy) is 1. The van der Waals surface area contributed by atoms with Crippen LogP contribution in [0.3, 0.4) is 0 Å². The van der Waals surface area contributed by atoms with Crippen molar-refractivity contribution < 1.29 is 32.4 Å². The average Bonchev–Trinajstić information content (AvgIpc) is 3.15. The first-order valence-electron chi connectivity index (χ1n) is 8.17. The summed E-state index contributed by atoms with van der Waals surface area (Å²) in [7, 11) is 0.966. The van der Waals surface area contributed by atoms with Crippen LogP contribution in [0.15, 0.2) is 4.99 Å². The first kappa shape index (κ1) is 20.5. The van der Waals surface area contributed by atoms with Gasteiger partial charge in [-0.25, -0.2) is 8.78 Å². The Morgan fingerprint density at radius 1 is 1.22 bits per heavy atom. The fourth-order valence-electron chi connectivity index (χ4n) is 2.94. The standard InChI is InChI=1S/C17H17F3N2O5/c1-8-12(18)11(15(22(25)26)14(20)13(8)19)16(23)10(17(24)27-2)7-21-9-5-3-4-6-9/h7,9-10H,3-6H2,1-2H3. The summed E-state index contributed by atoms with van der Waals surface area (Å²) < 4.78 is 46.6. The van der Waals surface area contributed by atoms with Crippen LogP contribution < -0.4 is 0 Å². The van der Waals surface area contributed by atoms with Crippen molar-refractivity contribution in [3.8, 4) is 0 Å². The van der Waals surface area contributed by atoms with Gasteiger partial charge in [0.1, 0.15) is 11.4 Å². The van der Waals surface area contributed by atoms with E-state index in [9.17, 15) is 32.9 Å². The number of nitro groups is 1. The second kappa shape index (κ2) is 8.28. The van der Waals surface area contributed by atoms with E-state index in [1.165, 1.54) is 0 Å². The minimum atomic E-state index is -1.97. The number of benzene rings is 1. The molecule has 0 radical (unpaired) electrons. The Morgan fingerprint density at radius 3 is 2.33 bits per heavy atom. The van der Waals surface area contributed by atoms with Gasteiger partial charge in [0, 0.05) is 17.8 Å². The maximum atomic E-state index is 14.5. The molecule has 1 atom stereocenters. The van der Waals surface area contributed by atoms with Gasteiger partial charge < -0.3 is 4.74 Å². The van der Waals surface area contributed by atoms with E-state index in [1.807, 2.05) is 0 Å². The van der Waals surface area contributed by atoms with Gasteiger partial charge in [-0.15, -0.1) is 0 Å². The predicted octanol–water partition coefficient (Wildman–Crippen LogP) is 3.31. The quantitative estimate of drug-likeness (QED) is 0.142. The Morgan fingerprint density at radius 2 is 1.81 bits per heavy atom. The van der Waals surface area contributed by atoms with Crippen molar-refractivity contribution >= 4 is 23.7 Å². The number of carbonyl (C=O) groups is 2. The zero-order valence-electron chi connectivity index (χ0n) is 14.6. The van der Waals surface area contributed by atoms with E-state index in [4.69, 9.17) is 0 Å². The molecule has 0 N–H and O–H groups in total. The van der Waals surface area contributed by atoms with Crippen LogP contribution in [0.25, 0.3) is 0 Å². The lowest BCUT2D eigenvalue weighted by atomic mass is 9.94. The van der Waals surface area contributed by atoms with Crippen molar-refractivity contribution in [3.63, 3.8) is 0 Å². The van der Waals surface area contributed by atoms with Crippen LogP contribution in [0, 0.1) is 40.4 Å². The number of methoxy groups -OCH3 is 1. The van der Waals surface area contributed by atoms with E-state index in [1.54, 1.807) is 0 Å². The van der Waals surface area contributed by atoms with E-state index in [0.29, 0.717) is 0 Å². The van der Waals surface area contributed by atoms with Crippen molar-refractivity contribution in [2.45, 2.75) is 38.6 Å². The molecule has 2 rings (SSSR count). The Kier molecular flexibility index (Phi) is 6.29. The molecule has 0 amide bonds. The van der Waals surface area contributed by atoms with E-state index in [0.717, 1.165) is 45.9 Å². The number of hydrogen-bond donors (Lipinski definition) is 0. The number of halogens is 3. The van der Waals surface area contributed by atoms with Gasteiger partial charge in [0.15, 0.2) is 17.5 Å². The Labute approximate surface area is 152 Å². The minimum Gasteiger partial charge on any atom is -0.468 e. The maximum absolute atomic E-state index is 14.5. The number of nitro benzene ring substituents is 1. The van der Waals surface area contributed by atoms with Crippen molar-refractivity contribution in [1.82, 2.24) is 0 Å². The van der Waals surface area contributed by atoms with Crippen LogP contribution in [0.1, 0.15) is 41.6 Å². The molecule has 1 fully saturated rings. The minimum absolute atomic E-state index is 0.142. The molecule has 1 aromatic carbocycles. The molecule has 0 heterocycles. The van der Waals surface area contributed by atoms with Crippen molar-refractivity contribution in [1.29, 1.82) is 0 Å². The van der Waals surface area contributed by atoms with E-state index >= 15 is 0 Å². The molecule has 146 valence electrons. The van der Waals surface area contributed by atoms with Crippen LogP contribution in [-0.4, -0.2) is 36.0 Å². The summed E-state index contributed by atoms with van der Waals surface area (Å²) in [5.74, 6) is -9.72. The first-order valence-corrected chi connectivity index (χ1v) is 8.17. The molecule has 0 bridgehead atoms. The highest BCUT2D eigenvalue weighted by atomic mass is 19.2. The number of nitrogens with zero attached hydrogens (tertiary/aromatic N) is 2. The summed E-state index contributed by atoms with van der Waals surface area (Å²) >= 11 is 0. The summed E-state index contributed by atoms with van der Waals surface area (Å²) in [5.41, 5.74) is -3.88. The summed E-state index contributed by atoms with van der Waals surface area (Å²) in [6.45, 7) is 0.827. The monoisotopic (exact) mass is 386 g/mol. The van der Waals surface area contributed by atoms with Crippen molar-refractivity contribution in [3.05, 3.63) is 38.7 Å². The van der Waals surface area contributed by atoms with Gasteiger partial charge in [-0.3, -0.25) is 24.7 Å². The molecule has 1 aliphatic rings. The summed E-state index contributed by atoms with van der Waals surface area (Å²) in [6.07, 6.45) is 4.24. The van der Waals surface area contributed by atoms with E-state index in [2.05, 4.69) is 9.73 Å². The van der Waals surface area contributed by atoms with Gasteiger partial charge in [-0.1, -0.05) is 12.8 Å². The summed E-state index contributed by atoms with van der Waals surface area (Å²) in [6, 6.07) is -0.142. The Bertz CT molecular complexity index is 820. The fraction of sp³-hybridized carbons (Fsp3) is 0.471. The number of aliphatic imine (C=N–C) groups is 1. The topological polar surface area (TPSA) is 98.9 Å². The zero-order valence-corrected chi connectivity index (χ0v) is 14.6. The predicted molar refractivity (Wildman–Crippen MR) is 88.3 cm³/mol. The molecule has 0 saturated heterocycles. The highest BCUT2D eigenvalue weighted by molar-refractivity contribution is 6.20. The smallest absolute Gasteiger partial charge is 0.322 e. The lowest BCUT2D eigenvalue weighted by Gasteiger charge is -2.13. The number of hydrogen-bond acceptors (Lipinski definition) is 6. The average molecular weight is 386 g/mol. The molecule has 0 aromatic heterocycles. The molecular weight excluding hydrogens is 369 g/mol. The van der Waals surface area contributed by atoms with Gasteiger partial charge in [0.05, 0.1) is 12.0 Å². The Hall–Kier alpha value is -2.78. The molecular formula is C17H17F3N2O5. The highest BCUT2D eigenvalue weighted by Crippen LogP contribution is 2.32. The molecule has 0 spiro atoms. The maximum Gasteiger partial charge on any atom is 0.322 e. The molecule has 1 unspecified atom stereocenters. The number of rotatable bonds is 6. The number of esters is 1. The van der Waals surface area contributed by atoms with Crippen LogP contribution in [0.5, 0.6) is 0 Å². The van der Waals surface area contributed by atoms with Crippen molar-refractivity contribution in [2.24, 2.45) is 10.9 Å². The van der Waals surface area contributed by atoms with Gasteiger partial charge in [-0.05, 0) is 19.8 Å². The molecule has 1 saturated carbocycles. The lowest BCUT2D eigenvalue weighted by molar-refractivity contribution is -0.388. The van der Waals surface area contributed by atoms with E-state index < -0.39 is 56.9 Å². The second-order valence-electron chi connectivity index (χ2n) is 6.15. The third-order valence-corrected chi connectivity index (χ3v) is 4.45. The molecule has 10 heteroatoms. The SMILES string of the molecule is COC(=O)C(C=NC1CCCC1)C(=O)c1c(F)c(C)c(F)c(F)c1[N+](=O)[O-]. The van der Waals surface area contributed by atoms with E-state index in [-0.39, 0.29) is 6.04 Å². The van der Waals surface area contributed by atoms with Gasteiger partial charge in [0.25, 0.3) is 0 Å². The number of carbonyl (C=O) groups excluding carboxylic acids is 2. The van der Waals surface area contributed by atoms with Crippen molar-refractivity contribution in [2.75, 3.05) is 7.11 Å². The third kappa shape index (κ3) is 3.99.